The maximum atomic E-state index is 10.7. The van der Waals surface area contributed by atoms with E-state index < -0.39 is 18.0 Å². The molecule has 1 atom stereocenters. The van der Waals surface area contributed by atoms with Gasteiger partial charge in [-0.15, -0.1) is 0 Å². The van der Waals surface area contributed by atoms with Crippen molar-refractivity contribution in [1.82, 2.24) is 0 Å². The Morgan fingerprint density at radius 3 is 2.47 bits per heavy atom. The van der Waals surface area contributed by atoms with Gasteiger partial charge in [0.15, 0.2) is 6.10 Å². The second-order valence-electron chi connectivity index (χ2n) is 3.44. The van der Waals surface area contributed by atoms with Gasteiger partial charge in [-0.3, -0.25) is 4.79 Å². The van der Waals surface area contributed by atoms with Crippen LogP contribution in [0.3, 0.4) is 0 Å². The van der Waals surface area contributed by atoms with E-state index in [1.165, 1.54) is 18.2 Å². The third-order valence-corrected chi connectivity index (χ3v) is 2.63. The van der Waals surface area contributed by atoms with E-state index in [0.717, 1.165) is 0 Å². The average molecular weight is 259 g/mol. The zero-order valence-corrected chi connectivity index (χ0v) is 9.52. The molecule has 0 aliphatic carbocycles. The average Bonchev–Trinajstić information content (AvgIpc) is 2.25. The smallest absolute Gasteiger partial charge is 0.337 e. The van der Waals surface area contributed by atoms with E-state index in [-0.39, 0.29) is 23.4 Å². The van der Waals surface area contributed by atoms with Gasteiger partial charge >= 0.3 is 11.9 Å². The van der Waals surface area contributed by atoms with Gasteiger partial charge in [0, 0.05) is 11.4 Å². The number of hydrogen-bond donors (Lipinski definition) is 3. The molecule has 0 aromatic heterocycles. The summed E-state index contributed by atoms with van der Waals surface area (Å²) in [6, 6.07) is 4.45. The molecule has 1 aromatic carbocycles. The highest BCUT2D eigenvalue weighted by atomic mass is 35.5. The minimum absolute atomic E-state index is 0.0781. The van der Waals surface area contributed by atoms with Gasteiger partial charge in [-0.2, -0.15) is 0 Å². The topological polar surface area (TPSA) is 94.8 Å². The Bertz CT molecular complexity index is 443. The SMILES string of the molecule is O=C(O)CCc1c(Cl)cccc1C(O)C(=O)O. The molecule has 0 saturated heterocycles. The van der Waals surface area contributed by atoms with Crippen molar-refractivity contribution in [3.05, 3.63) is 34.3 Å². The number of halogens is 1. The van der Waals surface area contributed by atoms with Crippen LogP contribution in [-0.2, 0) is 16.0 Å². The van der Waals surface area contributed by atoms with Gasteiger partial charge in [0.25, 0.3) is 0 Å². The number of rotatable bonds is 5. The molecule has 0 fully saturated rings. The molecule has 0 bridgehead atoms. The van der Waals surface area contributed by atoms with Gasteiger partial charge in [0.2, 0.25) is 0 Å². The van der Waals surface area contributed by atoms with Crippen LogP contribution in [0.15, 0.2) is 18.2 Å². The van der Waals surface area contributed by atoms with Crippen molar-refractivity contribution in [1.29, 1.82) is 0 Å². The number of carboxylic acids is 2. The first-order chi connectivity index (χ1) is 7.93. The molecule has 0 aliphatic rings. The summed E-state index contributed by atoms with van der Waals surface area (Å²) in [5.41, 5.74) is 0.484. The standard InChI is InChI=1S/C11H11ClO5/c12-8-3-1-2-7(10(15)11(16)17)6(8)4-5-9(13)14/h1-3,10,15H,4-5H2,(H,13,14)(H,16,17). The molecule has 0 radical (unpaired) electrons. The van der Waals surface area contributed by atoms with Gasteiger partial charge in [0.05, 0.1) is 0 Å². The largest absolute Gasteiger partial charge is 0.481 e. The maximum Gasteiger partial charge on any atom is 0.337 e. The normalized spacial score (nSPS) is 12.1. The highest BCUT2D eigenvalue weighted by Crippen LogP contribution is 2.26. The van der Waals surface area contributed by atoms with E-state index in [1.807, 2.05) is 0 Å². The lowest BCUT2D eigenvalue weighted by Gasteiger charge is -2.13. The Kier molecular flexibility index (Phi) is 4.48. The number of aliphatic hydroxyl groups is 1. The Balaban J connectivity index is 3.07. The summed E-state index contributed by atoms with van der Waals surface area (Å²) in [5, 5.41) is 27.0. The van der Waals surface area contributed by atoms with E-state index in [0.29, 0.717) is 5.56 Å². The summed E-state index contributed by atoms with van der Waals surface area (Å²) in [5.74, 6) is -2.41. The molecule has 92 valence electrons. The predicted molar refractivity (Wildman–Crippen MR) is 60.0 cm³/mol. The van der Waals surface area contributed by atoms with Crippen molar-refractivity contribution in [2.24, 2.45) is 0 Å². The fourth-order valence-electron chi connectivity index (χ4n) is 1.46. The highest BCUT2D eigenvalue weighted by molar-refractivity contribution is 6.31. The fourth-order valence-corrected chi connectivity index (χ4v) is 1.74. The predicted octanol–water partition coefficient (Wildman–Crippen LogP) is 1.48. The second-order valence-corrected chi connectivity index (χ2v) is 3.85. The first kappa shape index (κ1) is 13.5. The first-order valence-electron chi connectivity index (χ1n) is 4.83. The summed E-state index contributed by atoms with van der Waals surface area (Å²) in [7, 11) is 0. The Labute approximate surface area is 102 Å². The van der Waals surface area contributed by atoms with E-state index in [2.05, 4.69) is 0 Å². The van der Waals surface area contributed by atoms with Gasteiger partial charge in [-0.25, -0.2) is 4.79 Å². The van der Waals surface area contributed by atoms with Crippen molar-refractivity contribution in [3.8, 4) is 0 Å². The number of carboxylic acid groups (broad SMARTS) is 2. The highest BCUT2D eigenvalue weighted by Gasteiger charge is 2.21. The monoisotopic (exact) mass is 258 g/mol. The molecule has 0 aliphatic heterocycles. The lowest BCUT2D eigenvalue weighted by atomic mass is 9.98. The van der Waals surface area contributed by atoms with Gasteiger partial charge in [-0.1, -0.05) is 23.7 Å². The van der Waals surface area contributed by atoms with Crippen LogP contribution in [0, 0.1) is 0 Å². The molecular formula is C11H11ClO5. The van der Waals surface area contributed by atoms with E-state index in [1.54, 1.807) is 0 Å². The Morgan fingerprint density at radius 1 is 1.29 bits per heavy atom. The van der Waals surface area contributed by atoms with Crippen LogP contribution in [0.25, 0.3) is 0 Å². The zero-order chi connectivity index (χ0) is 13.0. The molecule has 1 aromatic rings. The van der Waals surface area contributed by atoms with Crippen LogP contribution < -0.4 is 0 Å². The van der Waals surface area contributed by atoms with Crippen LogP contribution in [0.1, 0.15) is 23.7 Å². The van der Waals surface area contributed by atoms with Crippen molar-refractivity contribution in [2.75, 3.05) is 0 Å². The lowest BCUT2D eigenvalue weighted by Crippen LogP contribution is -2.13. The van der Waals surface area contributed by atoms with Crippen molar-refractivity contribution in [3.63, 3.8) is 0 Å². The van der Waals surface area contributed by atoms with Crippen LogP contribution >= 0.6 is 11.6 Å². The van der Waals surface area contributed by atoms with E-state index in [9.17, 15) is 14.7 Å². The molecule has 17 heavy (non-hydrogen) atoms. The summed E-state index contributed by atoms with van der Waals surface area (Å²) in [6.07, 6.45) is -1.80. The first-order valence-corrected chi connectivity index (χ1v) is 5.21. The molecule has 6 heteroatoms. The number of benzene rings is 1. The molecule has 3 N–H and O–H groups in total. The minimum Gasteiger partial charge on any atom is -0.481 e. The fraction of sp³-hybridized carbons (Fsp3) is 0.273. The third kappa shape index (κ3) is 3.44. The zero-order valence-electron chi connectivity index (χ0n) is 8.76. The number of carbonyl (C=O) groups is 2. The van der Waals surface area contributed by atoms with Crippen LogP contribution in [0.4, 0.5) is 0 Å². The van der Waals surface area contributed by atoms with Crippen molar-refractivity contribution >= 4 is 23.5 Å². The molecule has 0 heterocycles. The molecule has 0 saturated carbocycles. The minimum atomic E-state index is -1.70. The third-order valence-electron chi connectivity index (χ3n) is 2.27. The molecule has 1 unspecified atom stereocenters. The Hall–Kier alpha value is -1.59. The molecule has 1 rings (SSSR count). The van der Waals surface area contributed by atoms with Crippen molar-refractivity contribution in [2.45, 2.75) is 18.9 Å². The summed E-state index contributed by atoms with van der Waals surface area (Å²) < 4.78 is 0. The van der Waals surface area contributed by atoms with E-state index in [4.69, 9.17) is 21.8 Å². The molecule has 0 spiro atoms. The number of hydrogen-bond acceptors (Lipinski definition) is 3. The van der Waals surface area contributed by atoms with Crippen LogP contribution in [0.5, 0.6) is 0 Å². The Morgan fingerprint density at radius 2 is 1.94 bits per heavy atom. The maximum absolute atomic E-state index is 10.7. The van der Waals surface area contributed by atoms with E-state index >= 15 is 0 Å². The second kappa shape index (κ2) is 5.65. The lowest BCUT2D eigenvalue weighted by molar-refractivity contribution is -0.147. The van der Waals surface area contributed by atoms with Gasteiger partial charge < -0.3 is 15.3 Å². The molecule has 0 amide bonds. The summed E-state index contributed by atoms with van der Waals surface area (Å²) in [4.78, 5) is 21.2. The summed E-state index contributed by atoms with van der Waals surface area (Å²) >= 11 is 5.86. The molecule has 5 nitrogen and oxygen atoms in total. The van der Waals surface area contributed by atoms with Gasteiger partial charge in [-0.05, 0) is 23.6 Å². The quantitative estimate of drug-likeness (QED) is 0.743. The van der Waals surface area contributed by atoms with Crippen LogP contribution in [-0.4, -0.2) is 27.3 Å². The summed E-state index contributed by atoms with van der Waals surface area (Å²) in [6.45, 7) is 0. The number of aliphatic carboxylic acids is 2. The molecular weight excluding hydrogens is 248 g/mol. The number of aliphatic hydroxyl groups excluding tert-OH is 1. The van der Waals surface area contributed by atoms with Gasteiger partial charge in [0.1, 0.15) is 0 Å². The van der Waals surface area contributed by atoms with Crippen LogP contribution in [0.2, 0.25) is 5.02 Å². The van der Waals surface area contributed by atoms with Crippen molar-refractivity contribution < 1.29 is 24.9 Å².